The van der Waals surface area contributed by atoms with Crippen molar-refractivity contribution in [2.75, 3.05) is 25.0 Å². The van der Waals surface area contributed by atoms with Gasteiger partial charge in [-0.1, -0.05) is 6.92 Å². The molecule has 1 saturated heterocycles. The van der Waals surface area contributed by atoms with Gasteiger partial charge in [0.1, 0.15) is 17.3 Å². The number of nitrogens with zero attached hydrogens (tertiary/aromatic N) is 4. The number of aromatic nitrogens is 3. The summed E-state index contributed by atoms with van der Waals surface area (Å²) in [6, 6.07) is 7.12. The topological polar surface area (TPSA) is 65.7 Å². The Bertz CT molecular complexity index is 947. The Morgan fingerprint density at radius 2 is 2.19 bits per heavy atom. The molecule has 3 aromatic rings. The maximum Gasteiger partial charge on any atom is 0.227 e. The predicted octanol–water partition coefficient (Wildman–Crippen LogP) is 3.45. The van der Waals surface area contributed by atoms with Gasteiger partial charge < -0.3 is 10.4 Å². The van der Waals surface area contributed by atoms with Crippen molar-refractivity contribution in [3.63, 3.8) is 0 Å². The highest BCUT2D eigenvalue weighted by molar-refractivity contribution is 5.81. The van der Waals surface area contributed by atoms with Crippen molar-refractivity contribution in [2.24, 2.45) is 0 Å². The molecule has 142 valence electrons. The Labute approximate surface area is 157 Å². The molecule has 1 atom stereocenters. The molecule has 27 heavy (non-hydrogen) atoms. The summed E-state index contributed by atoms with van der Waals surface area (Å²) >= 11 is 0. The van der Waals surface area contributed by atoms with Gasteiger partial charge in [-0.25, -0.2) is 4.39 Å². The zero-order valence-corrected chi connectivity index (χ0v) is 15.6. The van der Waals surface area contributed by atoms with Gasteiger partial charge in [0.2, 0.25) is 5.95 Å². The minimum atomic E-state index is -0.504. The summed E-state index contributed by atoms with van der Waals surface area (Å²) in [5.41, 5.74) is 1.76. The van der Waals surface area contributed by atoms with E-state index in [9.17, 15) is 9.50 Å². The Morgan fingerprint density at radius 3 is 2.96 bits per heavy atom. The van der Waals surface area contributed by atoms with Gasteiger partial charge in [0, 0.05) is 18.8 Å². The second kappa shape index (κ2) is 7.15. The summed E-state index contributed by atoms with van der Waals surface area (Å²) in [5, 5.41) is 22.2. The van der Waals surface area contributed by atoms with E-state index < -0.39 is 5.82 Å². The molecule has 0 radical (unpaired) electrons. The predicted molar refractivity (Wildman–Crippen MR) is 104 cm³/mol. The van der Waals surface area contributed by atoms with Crippen LogP contribution < -0.4 is 5.32 Å². The van der Waals surface area contributed by atoms with Gasteiger partial charge in [0.05, 0.1) is 11.1 Å². The van der Waals surface area contributed by atoms with Crippen LogP contribution in [0.25, 0.3) is 16.8 Å². The fourth-order valence-corrected chi connectivity index (χ4v) is 3.96. The number of fused-ring (bicyclic) bond motifs is 1. The van der Waals surface area contributed by atoms with E-state index in [1.54, 1.807) is 6.92 Å². The number of rotatable bonds is 5. The number of phenols is 1. The summed E-state index contributed by atoms with van der Waals surface area (Å²) in [7, 11) is 0. The molecule has 1 fully saturated rings. The van der Waals surface area contributed by atoms with Crippen LogP contribution in [0.4, 0.5) is 10.3 Å². The van der Waals surface area contributed by atoms with E-state index in [1.807, 2.05) is 22.7 Å². The quantitative estimate of drug-likeness (QED) is 0.721. The maximum atomic E-state index is 14.5. The van der Waals surface area contributed by atoms with Gasteiger partial charge in [-0.2, -0.15) is 0 Å². The van der Waals surface area contributed by atoms with Crippen LogP contribution in [0.5, 0.6) is 5.75 Å². The fourth-order valence-electron chi connectivity index (χ4n) is 3.96. The lowest BCUT2D eigenvalue weighted by Gasteiger charge is -2.23. The fraction of sp³-hybridized carbons (Fsp3) is 0.400. The average molecular weight is 369 g/mol. The van der Waals surface area contributed by atoms with Crippen molar-refractivity contribution in [3.8, 4) is 17.0 Å². The largest absolute Gasteiger partial charge is 0.507 e. The summed E-state index contributed by atoms with van der Waals surface area (Å²) in [6.07, 6.45) is 4.25. The van der Waals surface area contributed by atoms with Crippen LogP contribution in [0.1, 0.15) is 25.3 Å². The highest BCUT2D eigenvalue weighted by Crippen LogP contribution is 2.34. The van der Waals surface area contributed by atoms with E-state index >= 15 is 0 Å². The van der Waals surface area contributed by atoms with Gasteiger partial charge in [-0.3, -0.25) is 9.30 Å². The molecule has 7 heteroatoms. The minimum absolute atomic E-state index is 0.0799. The molecule has 1 aromatic carbocycles. The highest BCUT2D eigenvalue weighted by atomic mass is 19.1. The molecule has 3 heterocycles. The van der Waals surface area contributed by atoms with Crippen LogP contribution in [-0.2, 0) is 0 Å². The van der Waals surface area contributed by atoms with Crippen molar-refractivity contribution in [1.82, 2.24) is 19.5 Å². The Balaban J connectivity index is 1.67. The van der Waals surface area contributed by atoms with Crippen molar-refractivity contribution in [3.05, 3.63) is 41.8 Å². The monoisotopic (exact) mass is 369 g/mol. The van der Waals surface area contributed by atoms with Crippen LogP contribution in [0.2, 0.25) is 0 Å². The average Bonchev–Trinajstić information content (AvgIpc) is 3.29. The summed E-state index contributed by atoms with van der Waals surface area (Å²) in [5.74, 6) is -0.0148. The number of aromatic hydroxyl groups is 1. The second-order valence-corrected chi connectivity index (χ2v) is 7.08. The second-order valence-electron chi connectivity index (χ2n) is 7.08. The lowest BCUT2D eigenvalue weighted by atomic mass is 10.1. The molecule has 0 spiro atoms. The van der Waals surface area contributed by atoms with Gasteiger partial charge in [0.25, 0.3) is 0 Å². The van der Waals surface area contributed by atoms with Crippen molar-refractivity contribution < 1.29 is 9.50 Å². The van der Waals surface area contributed by atoms with Crippen LogP contribution in [-0.4, -0.2) is 50.3 Å². The number of halogens is 1. The molecule has 0 bridgehead atoms. The molecule has 2 N–H and O–H groups in total. The number of aryl methyl sites for hydroxylation is 1. The smallest absolute Gasteiger partial charge is 0.227 e. The molecule has 0 saturated carbocycles. The number of phenolic OH excluding ortho intramolecular Hbond substituents is 1. The first kappa shape index (κ1) is 17.7. The molecule has 1 aliphatic rings. The van der Waals surface area contributed by atoms with Gasteiger partial charge >= 0.3 is 0 Å². The van der Waals surface area contributed by atoms with Crippen molar-refractivity contribution in [1.29, 1.82) is 0 Å². The lowest BCUT2D eigenvalue weighted by molar-refractivity contribution is 0.276. The zero-order valence-electron chi connectivity index (χ0n) is 15.6. The lowest BCUT2D eigenvalue weighted by Crippen LogP contribution is -2.35. The molecule has 0 aliphatic carbocycles. The van der Waals surface area contributed by atoms with E-state index in [2.05, 4.69) is 27.3 Å². The van der Waals surface area contributed by atoms with E-state index in [0.29, 0.717) is 28.8 Å². The molecule has 0 amide bonds. The zero-order chi connectivity index (χ0) is 19.0. The number of benzene rings is 1. The summed E-state index contributed by atoms with van der Waals surface area (Å²) < 4.78 is 16.4. The molecule has 0 unspecified atom stereocenters. The van der Waals surface area contributed by atoms with Crippen molar-refractivity contribution in [2.45, 2.75) is 32.7 Å². The van der Waals surface area contributed by atoms with Gasteiger partial charge in [-0.15, -0.1) is 10.2 Å². The first-order valence-electron chi connectivity index (χ1n) is 9.39. The number of likely N-dealkylation sites (tertiary alicyclic amines) is 1. The number of nitrogens with one attached hydrogen (secondary N) is 1. The summed E-state index contributed by atoms with van der Waals surface area (Å²) in [4.78, 5) is 2.46. The van der Waals surface area contributed by atoms with Crippen LogP contribution in [0, 0.1) is 12.7 Å². The number of anilines is 1. The normalized spacial score (nSPS) is 17.7. The number of likely N-dealkylation sites (N-methyl/N-ethyl adjacent to an activating group) is 1. The Kier molecular flexibility index (Phi) is 4.70. The number of hydrogen-bond acceptors (Lipinski definition) is 5. The first-order chi connectivity index (χ1) is 13.1. The van der Waals surface area contributed by atoms with E-state index in [-0.39, 0.29) is 11.3 Å². The van der Waals surface area contributed by atoms with E-state index in [0.717, 1.165) is 19.6 Å². The standard InChI is InChI=1S/C20H24FN5O/c1-3-25-8-4-6-14(25)12-22-20-24-23-19(16-7-5-9-26(16)20)18-15(21)10-13(2)11-17(18)27/h5,7,9-11,14,27H,3-4,6,8,12H2,1-2H3,(H,22,24)/t14-/m0/s1. The third kappa shape index (κ3) is 3.23. The van der Waals surface area contributed by atoms with Crippen LogP contribution in [0.15, 0.2) is 30.5 Å². The third-order valence-electron chi connectivity index (χ3n) is 5.32. The Hall–Kier alpha value is -2.67. The SMILES string of the molecule is CCN1CCC[C@H]1CNc1nnc(-c2c(O)cc(C)cc2F)c2cccn12. The molecule has 4 rings (SSSR count). The minimum Gasteiger partial charge on any atom is -0.507 e. The molecule has 6 nitrogen and oxygen atoms in total. The molecular formula is C20H24FN5O. The van der Waals surface area contributed by atoms with E-state index in [4.69, 9.17) is 0 Å². The molecular weight excluding hydrogens is 345 g/mol. The number of hydrogen-bond donors (Lipinski definition) is 2. The van der Waals surface area contributed by atoms with Crippen LogP contribution in [0.3, 0.4) is 0 Å². The Morgan fingerprint density at radius 1 is 1.33 bits per heavy atom. The summed E-state index contributed by atoms with van der Waals surface area (Å²) in [6.45, 7) is 6.89. The maximum absolute atomic E-state index is 14.5. The van der Waals surface area contributed by atoms with E-state index in [1.165, 1.54) is 25.0 Å². The molecule has 2 aromatic heterocycles. The van der Waals surface area contributed by atoms with Crippen LogP contribution >= 0.6 is 0 Å². The van der Waals surface area contributed by atoms with Gasteiger partial charge in [-0.05, 0) is 62.7 Å². The first-order valence-corrected chi connectivity index (χ1v) is 9.39. The van der Waals surface area contributed by atoms with Gasteiger partial charge in [0.15, 0.2) is 0 Å². The van der Waals surface area contributed by atoms with Crippen molar-refractivity contribution >= 4 is 11.5 Å². The highest BCUT2D eigenvalue weighted by Gasteiger charge is 2.23. The third-order valence-corrected chi connectivity index (χ3v) is 5.32. The molecule has 1 aliphatic heterocycles.